The minimum absolute atomic E-state index is 0.0377. The van der Waals surface area contributed by atoms with E-state index in [9.17, 15) is 14.4 Å². The zero-order chi connectivity index (χ0) is 18.8. The zero-order valence-electron chi connectivity index (χ0n) is 14.0. The Kier molecular flexibility index (Phi) is 8.44. The van der Waals surface area contributed by atoms with Gasteiger partial charge in [-0.05, 0) is 38.1 Å². The molecule has 0 aliphatic carbocycles. The Morgan fingerprint density at radius 2 is 1.64 bits per heavy atom. The molecule has 0 saturated carbocycles. The first-order valence-electron chi connectivity index (χ1n) is 7.73. The molecule has 8 heteroatoms. The predicted octanol–water partition coefficient (Wildman–Crippen LogP) is 2.19. The Labute approximate surface area is 151 Å². The van der Waals surface area contributed by atoms with E-state index < -0.39 is 23.9 Å². The summed E-state index contributed by atoms with van der Waals surface area (Å²) >= 11 is 5.81. The molecule has 0 atom stereocenters. The number of carbonyl (C=O) groups is 3. The van der Waals surface area contributed by atoms with Gasteiger partial charge in [-0.3, -0.25) is 4.79 Å². The average molecular weight is 367 g/mol. The highest BCUT2D eigenvalue weighted by atomic mass is 35.5. The maximum Gasteiger partial charge on any atom is 0.340 e. The van der Waals surface area contributed by atoms with Crippen molar-refractivity contribution in [3.05, 3.63) is 34.9 Å². The normalized spacial score (nSPS) is 10.0. The summed E-state index contributed by atoms with van der Waals surface area (Å²) in [6.07, 6.45) is -0.0609. The molecule has 0 fully saturated rings. The summed E-state index contributed by atoms with van der Waals surface area (Å²) in [5, 5.41) is 9.27. The van der Waals surface area contributed by atoms with E-state index in [1.54, 1.807) is 13.8 Å². The number of benzene rings is 1. The summed E-state index contributed by atoms with van der Waals surface area (Å²) in [5.74, 6) is -2.40. The van der Waals surface area contributed by atoms with Crippen LogP contribution in [0.3, 0.4) is 0 Å². The van der Waals surface area contributed by atoms with E-state index in [4.69, 9.17) is 26.3 Å². The van der Waals surface area contributed by atoms with Gasteiger partial charge >= 0.3 is 11.9 Å². The maximum atomic E-state index is 12.8. The first-order chi connectivity index (χ1) is 12.0. The Morgan fingerprint density at radius 1 is 1.12 bits per heavy atom. The van der Waals surface area contributed by atoms with E-state index in [0.717, 1.165) is 4.90 Å². The number of hydrogen-bond acceptors (Lipinski definition) is 6. The molecule has 0 unspecified atom stereocenters. The lowest BCUT2D eigenvalue weighted by Gasteiger charge is -2.28. The minimum atomic E-state index is -1.57. The van der Waals surface area contributed by atoms with Gasteiger partial charge in [0.25, 0.3) is 5.91 Å². The van der Waals surface area contributed by atoms with E-state index >= 15 is 0 Å². The maximum absolute atomic E-state index is 12.8. The van der Waals surface area contributed by atoms with Crippen molar-refractivity contribution >= 4 is 29.4 Å². The van der Waals surface area contributed by atoms with Crippen molar-refractivity contribution in [2.45, 2.75) is 26.3 Å². The van der Waals surface area contributed by atoms with Crippen LogP contribution in [-0.4, -0.2) is 48.5 Å². The predicted molar refractivity (Wildman–Crippen MR) is 89.8 cm³/mol. The second-order valence-electron chi connectivity index (χ2n) is 4.82. The highest BCUT2D eigenvalue weighted by Crippen LogP contribution is 2.15. The Bertz CT molecular complexity index is 636. The molecule has 134 valence electrons. The topological polar surface area (TPSA) is 96.7 Å². The summed E-state index contributed by atoms with van der Waals surface area (Å²) in [4.78, 5) is 38.2. The van der Waals surface area contributed by atoms with Crippen LogP contribution in [0.4, 0.5) is 0 Å². The number of nitriles is 1. The third-order valence-electron chi connectivity index (χ3n) is 3.15. The molecule has 0 radical (unpaired) electrons. The van der Waals surface area contributed by atoms with E-state index in [1.807, 2.05) is 6.07 Å². The van der Waals surface area contributed by atoms with Gasteiger partial charge in [0, 0.05) is 17.1 Å². The molecule has 1 amide bonds. The molecule has 0 N–H and O–H groups in total. The lowest BCUT2D eigenvalue weighted by atomic mass is 10.1. The van der Waals surface area contributed by atoms with Gasteiger partial charge in [-0.1, -0.05) is 11.6 Å². The van der Waals surface area contributed by atoms with Gasteiger partial charge in [0.2, 0.25) is 6.04 Å². The molecule has 0 heterocycles. The minimum Gasteiger partial charge on any atom is -0.464 e. The monoisotopic (exact) mass is 366 g/mol. The standard InChI is InChI=1S/C17H19ClN2O5/c1-3-24-16(22)14(17(23)25-4-2)20(11-5-10-19)15(21)12-6-8-13(18)9-7-12/h6-9,14H,3-5,11H2,1-2H3. The Balaban J connectivity index is 3.23. The van der Waals surface area contributed by atoms with E-state index in [1.165, 1.54) is 24.3 Å². The molecule has 0 bridgehead atoms. The zero-order valence-corrected chi connectivity index (χ0v) is 14.8. The number of nitrogens with zero attached hydrogens (tertiary/aromatic N) is 2. The van der Waals surface area contributed by atoms with Crippen molar-refractivity contribution in [1.29, 1.82) is 5.26 Å². The lowest BCUT2D eigenvalue weighted by Crippen LogP contribution is -2.51. The average Bonchev–Trinajstić information content (AvgIpc) is 2.58. The van der Waals surface area contributed by atoms with E-state index in [2.05, 4.69) is 0 Å². The third-order valence-corrected chi connectivity index (χ3v) is 3.40. The number of halogens is 1. The number of amides is 1. The molecule has 1 aromatic carbocycles. The fraction of sp³-hybridized carbons (Fsp3) is 0.412. The smallest absolute Gasteiger partial charge is 0.340 e. The van der Waals surface area contributed by atoms with Crippen LogP contribution >= 0.6 is 11.6 Å². The molecule has 1 aromatic rings. The fourth-order valence-electron chi connectivity index (χ4n) is 2.07. The SMILES string of the molecule is CCOC(=O)C(C(=O)OCC)N(CCC#N)C(=O)c1ccc(Cl)cc1. The number of rotatable bonds is 8. The third kappa shape index (κ3) is 5.76. The van der Waals surface area contributed by atoms with Crippen LogP contribution in [0.1, 0.15) is 30.6 Å². The van der Waals surface area contributed by atoms with Crippen molar-refractivity contribution in [3.63, 3.8) is 0 Å². The van der Waals surface area contributed by atoms with Crippen LogP contribution in [0.2, 0.25) is 5.02 Å². The molecule has 25 heavy (non-hydrogen) atoms. The van der Waals surface area contributed by atoms with Crippen molar-refractivity contribution in [2.75, 3.05) is 19.8 Å². The van der Waals surface area contributed by atoms with Gasteiger partial charge in [-0.15, -0.1) is 0 Å². The second-order valence-corrected chi connectivity index (χ2v) is 5.26. The van der Waals surface area contributed by atoms with Crippen LogP contribution in [-0.2, 0) is 19.1 Å². The molecule has 0 spiro atoms. The molecular weight excluding hydrogens is 348 g/mol. The largest absolute Gasteiger partial charge is 0.464 e. The summed E-state index contributed by atoms with van der Waals surface area (Å²) in [6, 6.07) is 6.29. The number of hydrogen-bond donors (Lipinski definition) is 0. The van der Waals surface area contributed by atoms with Crippen LogP contribution in [0, 0.1) is 11.3 Å². The molecular formula is C17H19ClN2O5. The molecule has 7 nitrogen and oxygen atoms in total. The fourth-order valence-corrected chi connectivity index (χ4v) is 2.20. The summed E-state index contributed by atoms with van der Waals surface area (Å²) in [7, 11) is 0. The highest BCUT2D eigenvalue weighted by molar-refractivity contribution is 6.30. The number of carbonyl (C=O) groups excluding carboxylic acids is 3. The van der Waals surface area contributed by atoms with Crippen LogP contribution in [0.15, 0.2) is 24.3 Å². The Morgan fingerprint density at radius 3 is 2.08 bits per heavy atom. The van der Waals surface area contributed by atoms with E-state index in [-0.39, 0.29) is 31.7 Å². The summed E-state index contributed by atoms with van der Waals surface area (Å²) < 4.78 is 9.80. The van der Waals surface area contributed by atoms with Crippen molar-refractivity contribution in [3.8, 4) is 6.07 Å². The number of ether oxygens (including phenoxy) is 2. The second kappa shape index (κ2) is 10.3. The highest BCUT2D eigenvalue weighted by Gasteiger charge is 2.38. The van der Waals surface area contributed by atoms with Gasteiger partial charge in [-0.2, -0.15) is 5.26 Å². The molecule has 0 aliphatic heterocycles. The van der Waals surface area contributed by atoms with Crippen molar-refractivity contribution in [1.82, 2.24) is 4.90 Å². The van der Waals surface area contributed by atoms with Crippen LogP contribution in [0.25, 0.3) is 0 Å². The first-order valence-corrected chi connectivity index (χ1v) is 8.10. The van der Waals surface area contributed by atoms with Gasteiger partial charge in [0.05, 0.1) is 25.7 Å². The van der Waals surface area contributed by atoms with Gasteiger partial charge in [0.15, 0.2) is 0 Å². The van der Waals surface area contributed by atoms with Gasteiger partial charge < -0.3 is 14.4 Å². The molecule has 0 aromatic heterocycles. The Hall–Kier alpha value is -2.59. The van der Waals surface area contributed by atoms with Gasteiger partial charge in [-0.25, -0.2) is 9.59 Å². The molecule has 0 saturated heterocycles. The van der Waals surface area contributed by atoms with Crippen LogP contribution in [0.5, 0.6) is 0 Å². The molecule has 1 rings (SSSR count). The number of esters is 2. The lowest BCUT2D eigenvalue weighted by molar-refractivity contribution is -0.162. The van der Waals surface area contributed by atoms with Crippen molar-refractivity contribution in [2.24, 2.45) is 0 Å². The van der Waals surface area contributed by atoms with Crippen molar-refractivity contribution < 1.29 is 23.9 Å². The first kappa shape index (κ1) is 20.5. The summed E-state index contributed by atoms with van der Waals surface area (Å²) in [6.45, 7) is 3.12. The van der Waals surface area contributed by atoms with E-state index in [0.29, 0.717) is 5.02 Å². The van der Waals surface area contributed by atoms with Crippen LogP contribution < -0.4 is 0 Å². The summed E-state index contributed by atoms with van der Waals surface area (Å²) in [5.41, 5.74) is 0.223. The molecule has 0 aliphatic rings. The quantitative estimate of drug-likeness (QED) is 0.516. The van der Waals surface area contributed by atoms with Gasteiger partial charge in [0.1, 0.15) is 0 Å².